The van der Waals surface area contributed by atoms with Gasteiger partial charge in [-0.1, -0.05) is 42.5 Å². The van der Waals surface area contributed by atoms with Crippen LogP contribution in [0.4, 0.5) is 0 Å². The van der Waals surface area contributed by atoms with Crippen LogP contribution in [-0.2, 0) is 4.74 Å². The summed E-state index contributed by atoms with van der Waals surface area (Å²) >= 11 is 0. The molecule has 4 heteroatoms. The maximum atomic E-state index is 12.1. The number of allylic oxidation sites excluding steroid dienone is 1. The number of hydrogen-bond acceptors (Lipinski definition) is 4. The molecule has 0 saturated carbocycles. The van der Waals surface area contributed by atoms with Crippen LogP contribution in [-0.4, -0.2) is 26.0 Å². The first-order chi connectivity index (χ1) is 10.7. The molecule has 0 fully saturated rings. The third-order valence-corrected chi connectivity index (χ3v) is 2.96. The molecule has 0 aliphatic carbocycles. The molecule has 2 aromatic carbocycles. The molecule has 0 saturated heterocycles. The van der Waals surface area contributed by atoms with Crippen molar-refractivity contribution in [3.8, 4) is 5.75 Å². The van der Waals surface area contributed by atoms with E-state index in [0.29, 0.717) is 16.9 Å². The summed E-state index contributed by atoms with van der Waals surface area (Å²) in [6, 6.07) is 13.9. The van der Waals surface area contributed by atoms with Gasteiger partial charge in [0.1, 0.15) is 12.0 Å². The molecule has 22 heavy (non-hydrogen) atoms. The topological polar surface area (TPSA) is 52.6 Å². The van der Waals surface area contributed by atoms with Crippen LogP contribution in [0.25, 0.3) is 6.08 Å². The highest BCUT2D eigenvalue weighted by molar-refractivity contribution is 6.07. The molecule has 0 N–H and O–H groups in total. The first-order valence-corrected chi connectivity index (χ1v) is 6.72. The number of methoxy groups -OCH3 is 1. The van der Waals surface area contributed by atoms with E-state index in [4.69, 9.17) is 9.47 Å². The maximum Gasteiger partial charge on any atom is 0.188 e. The van der Waals surface area contributed by atoms with Crippen molar-refractivity contribution in [3.05, 3.63) is 71.3 Å². The van der Waals surface area contributed by atoms with Gasteiger partial charge in [-0.2, -0.15) is 0 Å². The Bertz CT molecular complexity index is 672. The Hall–Kier alpha value is -2.72. The SMILES string of the molecule is COCOc1cccc(C(=O)/C=C/c2ccc(C=O)cc2)c1. The number of hydrogen-bond donors (Lipinski definition) is 0. The number of benzene rings is 2. The Morgan fingerprint density at radius 1 is 1.09 bits per heavy atom. The molecular formula is C18H16O4. The average Bonchev–Trinajstić information content (AvgIpc) is 2.58. The summed E-state index contributed by atoms with van der Waals surface area (Å²) < 4.78 is 10.1. The molecule has 0 bridgehead atoms. The molecular weight excluding hydrogens is 280 g/mol. The van der Waals surface area contributed by atoms with Crippen molar-refractivity contribution < 1.29 is 19.1 Å². The van der Waals surface area contributed by atoms with E-state index in [-0.39, 0.29) is 12.6 Å². The van der Waals surface area contributed by atoms with Crippen LogP contribution in [0.1, 0.15) is 26.3 Å². The molecule has 4 nitrogen and oxygen atoms in total. The lowest BCUT2D eigenvalue weighted by Gasteiger charge is -2.05. The highest BCUT2D eigenvalue weighted by Crippen LogP contribution is 2.15. The van der Waals surface area contributed by atoms with E-state index in [9.17, 15) is 9.59 Å². The second-order valence-corrected chi connectivity index (χ2v) is 4.56. The summed E-state index contributed by atoms with van der Waals surface area (Å²) in [5.41, 5.74) is 1.99. The highest BCUT2D eigenvalue weighted by Gasteiger charge is 2.03. The van der Waals surface area contributed by atoms with Gasteiger partial charge in [0, 0.05) is 18.2 Å². The lowest BCUT2D eigenvalue weighted by atomic mass is 10.1. The quantitative estimate of drug-likeness (QED) is 0.340. The fourth-order valence-corrected chi connectivity index (χ4v) is 1.82. The highest BCUT2D eigenvalue weighted by atomic mass is 16.7. The van der Waals surface area contributed by atoms with E-state index >= 15 is 0 Å². The van der Waals surface area contributed by atoms with Gasteiger partial charge >= 0.3 is 0 Å². The molecule has 0 radical (unpaired) electrons. The fraction of sp³-hybridized carbons (Fsp3) is 0.111. The first kappa shape index (κ1) is 15.7. The molecule has 0 aliphatic heterocycles. The number of aldehydes is 1. The third kappa shape index (κ3) is 4.40. The number of carbonyl (C=O) groups excluding carboxylic acids is 2. The Morgan fingerprint density at radius 2 is 1.82 bits per heavy atom. The van der Waals surface area contributed by atoms with Gasteiger partial charge in [0.15, 0.2) is 12.6 Å². The molecule has 0 aromatic heterocycles. The molecule has 0 atom stereocenters. The van der Waals surface area contributed by atoms with Crippen molar-refractivity contribution in [3.63, 3.8) is 0 Å². The summed E-state index contributed by atoms with van der Waals surface area (Å²) in [6.45, 7) is 0.135. The summed E-state index contributed by atoms with van der Waals surface area (Å²) in [7, 11) is 1.54. The largest absolute Gasteiger partial charge is 0.468 e. The zero-order valence-corrected chi connectivity index (χ0v) is 12.2. The van der Waals surface area contributed by atoms with Crippen LogP contribution in [0.5, 0.6) is 5.75 Å². The standard InChI is InChI=1S/C18H16O4/c1-21-13-22-17-4-2-3-16(11-17)18(20)10-9-14-5-7-15(12-19)8-6-14/h2-12H,13H2,1H3/b10-9+. The molecule has 0 spiro atoms. The van der Waals surface area contributed by atoms with Gasteiger partial charge < -0.3 is 9.47 Å². The molecule has 0 aliphatic rings. The summed E-state index contributed by atoms with van der Waals surface area (Å²) in [6.07, 6.45) is 3.98. The number of ketones is 1. The zero-order chi connectivity index (χ0) is 15.8. The minimum absolute atomic E-state index is 0.123. The summed E-state index contributed by atoms with van der Waals surface area (Å²) in [5.74, 6) is 0.457. The van der Waals surface area contributed by atoms with Gasteiger partial charge in [0.05, 0.1) is 0 Å². The smallest absolute Gasteiger partial charge is 0.188 e. The van der Waals surface area contributed by atoms with Gasteiger partial charge in [-0.25, -0.2) is 0 Å². The van der Waals surface area contributed by atoms with E-state index in [1.807, 2.05) is 0 Å². The van der Waals surface area contributed by atoms with Gasteiger partial charge in [-0.15, -0.1) is 0 Å². The van der Waals surface area contributed by atoms with E-state index < -0.39 is 0 Å². The minimum Gasteiger partial charge on any atom is -0.468 e. The minimum atomic E-state index is -0.123. The van der Waals surface area contributed by atoms with Crippen LogP contribution in [0.15, 0.2) is 54.6 Å². The normalized spacial score (nSPS) is 10.6. The van der Waals surface area contributed by atoms with E-state index in [2.05, 4.69) is 0 Å². The summed E-state index contributed by atoms with van der Waals surface area (Å²) in [5, 5.41) is 0. The lowest BCUT2D eigenvalue weighted by Crippen LogP contribution is -2.00. The Balaban J connectivity index is 2.07. The molecule has 112 valence electrons. The predicted molar refractivity (Wildman–Crippen MR) is 84.1 cm³/mol. The number of carbonyl (C=O) groups is 2. The lowest BCUT2D eigenvalue weighted by molar-refractivity contribution is 0.0510. The molecule has 0 heterocycles. The third-order valence-electron chi connectivity index (χ3n) is 2.96. The predicted octanol–water partition coefficient (Wildman–Crippen LogP) is 3.38. The van der Waals surface area contributed by atoms with Crippen molar-refractivity contribution in [2.24, 2.45) is 0 Å². The van der Waals surface area contributed by atoms with Crippen molar-refractivity contribution in [1.82, 2.24) is 0 Å². The van der Waals surface area contributed by atoms with Crippen molar-refractivity contribution >= 4 is 18.1 Å². The van der Waals surface area contributed by atoms with Gasteiger partial charge in [-0.3, -0.25) is 9.59 Å². The van der Waals surface area contributed by atoms with Crippen molar-refractivity contribution in [2.75, 3.05) is 13.9 Å². The van der Waals surface area contributed by atoms with Crippen LogP contribution in [0.2, 0.25) is 0 Å². The van der Waals surface area contributed by atoms with Crippen molar-refractivity contribution in [1.29, 1.82) is 0 Å². The molecule has 2 aromatic rings. The fourth-order valence-electron chi connectivity index (χ4n) is 1.82. The Labute approximate surface area is 129 Å². The van der Waals surface area contributed by atoms with Gasteiger partial charge in [0.25, 0.3) is 0 Å². The second kappa shape index (κ2) is 7.90. The van der Waals surface area contributed by atoms with E-state index in [0.717, 1.165) is 11.8 Å². The molecule has 0 amide bonds. The average molecular weight is 296 g/mol. The second-order valence-electron chi connectivity index (χ2n) is 4.56. The van der Waals surface area contributed by atoms with Gasteiger partial charge in [0.2, 0.25) is 0 Å². The van der Waals surface area contributed by atoms with E-state index in [1.54, 1.807) is 54.6 Å². The van der Waals surface area contributed by atoms with Crippen LogP contribution in [0, 0.1) is 0 Å². The zero-order valence-electron chi connectivity index (χ0n) is 12.2. The van der Waals surface area contributed by atoms with Crippen LogP contribution in [0.3, 0.4) is 0 Å². The van der Waals surface area contributed by atoms with Gasteiger partial charge in [-0.05, 0) is 23.8 Å². The molecule has 0 unspecified atom stereocenters. The van der Waals surface area contributed by atoms with Crippen LogP contribution < -0.4 is 4.74 Å². The van der Waals surface area contributed by atoms with Crippen LogP contribution >= 0.6 is 0 Å². The first-order valence-electron chi connectivity index (χ1n) is 6.72. The maximum absolute atomic E-state index is 12.1. The van der Waals surface area contributed by atoms with Crippen molar-refractivity contribution in [2.45, 2.75) is 0 Å². The number of rotatable bonds is 7. The number of ether oxygens (including phenoxy) is 2. The van der Waals surface area contributed by atoms with E-state index in [1.165, 1.54) is 13.2 Å². The Morgan fingerprint density at radius 3 is 2.50 bits per heavy atom. The Kier molecular flexibility index (Phi) is 5.63. The molecule has 2 rings (SSSR count). The summed E-state index contributed by atoms with van der Waals surface area (Å²) in [4.78, 5) is 22.7. The monoisotopic (exact) mass is 296 g/mol.